The molecule has 48 valence electrons. The number of benzene rings is 1. The largest absolute Gasteiger partial charge is 0.508 e. The lowest BCUT2D eigenvalue weighted by molar-refractivity contribution is 0.475. The van der Waals surface area contributed by atoms with E-state index in [9.17, 15) is 0 Å². The van der Waals surface area contributed by atoms with E-state index in [-0.39, 0.29) is 16.3 Å². The van der Waals surface area contributed by atoms with Crippen LogP contribution >= 0.6 is 11.6 Å². The highest BCUT2D eigenvalue weighted by Crippen LogP contribution is 2.19. The van der Waals surface area contributed by atoms with Crippen LogP contribution in [0.25, 0.3) is 0 Å². The van der Waals surface area contributed by atoms with E-state index in [2.05, 4.69) is 0 Å². The van der Waals surface area contributed by atoms with Crippen molar-refractivity contribution < 1.29 is 9.22 Å². The molecule has 0 amide bonds. The second-order valence-corrected chi connectivity index (χ2v) is 2.07. The average molecular weight is 146 g/mol. The Kier molecular flexibility index (Phi) is 0.878. The summed E-state index contributed by atoms with van der Waals surface area (Å²) in [6.07, 6.45) is 0. The molecule has 0 atom stereocenters. The smallest absolute Gasteiger partial charge is 0.115 e. The Hall–Kier alpha value is -0.690. The molecular weight excluding hydrogens is 136 g/mol. The monoisotopic (exact) mass is 145 g/mol. The number of rotatable bonds is 0. The molecule has 0 bridgehead atoms. The van der Waals surface area contributed by atoms with Crippen LogP contribution in [-0.4, -0.2) is 5.11 Å². The summed E-state index contributed by atoms with van der Waals surface area (Å²) in [5, 5.41) is 9.14. The minimum absolute atomic E-state index is 0.0239. The van der Waals surface area contributed by atoms with Gasteiger partial charge < -0.3 is 5.11 Å². The molecule has 1 N–H and O–H groups in total. The van der Waals surface area contributed by atoms with Crippen molar-refractivity contribution in [2.24, 2.45) is 0 Å². The molecule has 0 aromatic heterocycles. The van der Waals surface area contributed by atoms with Crippen LogP contribution < -0.4 is 0 Å². The van der Waals surface area contributed by atoms with Crippen molar-refractivity contribution in [3.63, 3.8) is 0 Å². The summed E-state index contributed by atoms with van der Waals surface area (Å²) in [6.45, 7) is -2.27. The van der Waals surface area contributed by atoms with Gasteiger partial charge in [-0.3, -0.25) is 0 Å². The third kappa shape index (κ3) is 1.36. The third-order valence-corrected chi connectivity index (χ3v) is 1.28. The number of aryl methyl sites for hydroxylation is 1. The van der Waals surface area contributed by atoms with E-state index in [0.717, 1.165) is 6.07 Å². The van der Waals surface area contributed by atoms with Gasteiger partial charge in [0.1, 0.15) is 5.75 Å². The lowest BCUT2D eigenvalue weighted by Gasteiger charge is -1.95. The lowest BCUT2D eigenvalue weighted by atomic mass is 10.2. The second kappa shape index (κ2) is 2.28. The second-order valence-electron chi connectivity index (χ2n) is 1.66. The number of phenols is 1. The molecule has 0 unspecified atom stereocenters. The van der Waals surface area contributed by atoms with Crippen LogP contribution in [0, 0.1) is 6.85 Å². The average Bonchev–Trinajstić information content (AvgIpc) is 1.92. The van der Waals surface area contributed by atoms with Gasteiger partial charge >= 0.3 is 0 Å². The summed E-state index contributed by atoms with van der Waals surface area (Å²) in [5.41, 5.74) is -0.0239. The Labute approximate surface area is 63.1 Å². The number of hydrogen-bond acceptors (Lipinski definition) is 1. The van der Waals surface area contributed by atoms with Gasteiger partial charge in [-0.15, -0.1) is 0 Å². The summed E-state index contributed by atoms with van der Waals surface area (Å²) < 4.78 is 21.1. The molecule has 0 aliphatic rings. The Morgan fingerprint density at radius 1 is 1.67 bits per heavy atom. The molecule has 9 heavy (non-hydrogen) atoms. The highest BCUT2D eigenvalue weighted by Gasteiger charge is 1.92. The fourth-order valence-electron chi connectivity index (χ4n) is 0.513. The molecule has 1 aromatic carbocycles. The molecule has 0 heterocycles. The normalized spacial score (nSPS) is 15.9. The van der Waals surface area contributed by atoms with Crippen LogP contribution in [0.15, 0.2) is 18.2 Å². The zero-order valence-corrected chi connectivity index (χ0v) is 5.31. The Morgan fingerprint density at radius 3 is 3.00 bits per heavy atom. The standard InChI is InChI=1S/C7H7ClO/c1-5-4-6(9)2-3-7(5)8/h2-4,9H,1H3/i1D3. The molecule has 0 saturated carbocycles. The number of phenolic OH excluding ortho intramolecular Hbond substituents is 1. The van der Waals surface area contributed by atoms with Gasteiger partial charge in [0.15, 0.2) is 0 Å². The number of hydrogen-bond donors (Lipinski definition) is 1. The molecule has 0 radical (unpaired) electrons. The topological polar surface area (TPSA) is 20.2 Å². The van der Waals surface area contributed by atoms with Crippen molar-refractivity contribution in [1.82, 2.24) is 0 Å². The summed E-state index contributed by atoms with van der Waals surface area (Å²) in [4.78, 5) is 0. The van der Waals surface area contributed by atoms with Crippen LogP contribution in [0.5, 0.6) is 5.75 Å². The van der Waals surface area contributed by atoms with Gasteiger partial charge in [0.2, 0.25) is 0 Å². The van der Waals surface area contributed by atoms with E-state index < -0.39 is 6.85 Å². The molecule has 0 aliphatic carbocycles. The van der Waals surface area contributed by atoms with Crippen molar-refractivity contribution >= 4 is 11.6 Å². The Bertz CT molecular complexity index is 295. The van der Waals surface area contributed by atoms with Crippen molar-refractivity contribution in [1.29, 1.82) is 0 Å². The van der Waals surface area contributed by atoms with E-state index in [1.807, 2.05) is 0 Å². The van der Waals surface area contributed by atoms with Gasteiger partial charge in [-0.1, -0.05) is 11.6 Å². The van der Waals surface area contributed by atoms with E-state index in [1.54, 1.807) is 0 Å². The SMILES string of the molecule is [2H]C([2H])([2H])c1cc(O)ccc1Cl. The Balaban J connectivity index is 3.23. The first-order valence-electron chi connectivity index (χ1n) is 3.90. The predicted octanol–water partition coefficient (Wildman–Crippen LogP) is 2.35. The zero-order valence-electron chi connectivity index (χ0n) is 7.56. The fourth-order valence-corrected chi connectivity index (χ4v) is 0.631. The van der Waals surface area contributed by atoms with Crippen molar-refractivity contribution in [2.75, 3.05) is 0 Å². The lowest BCUT2D eigenvalue weighted by Crippen LogP contribution is -1.71. The summed E-state index contributed by atoms with van der Waals surface area (Å²) in [5.74, 6) is -0.0921. The van der Waals surface area contributed by atoms with Crippen molar-refractivity contribution in [3.05, 3.63) is 28.8 Å². The number of aromatic hydroxyl groups is 1. The van der Waals surface area contributed by atoms with Crippen LogP contribution in [0.3, 0.4) is 0 Å². The summed E-state index contributed by atoms with van der Waals surface area (Å²) in [7, 11) is 0. The maximum Gasteiger partial charge on any atom is 0.115 e. The minimum Gasteiger partial charge on any atom is -0.508 e. The molecule has 0 spiro atoms. The molecule has 1 nitrogen and oxygen atoms in total. The number of halogens is 1. The van der Waals surface area contributed by atoms with Crippen molar-refractivity contribution in [2.45, 2.75) is 6.85 Å². The van der Waals surface area contributed by atoms with Gasteiger partial charge in [0.25, 0.3) is 0 Å². The van der Waals surface area contributed by atoms with E-state index >= 15 is 0 Å². The van der Waals surface area contributed by atoms with Crippen molar-refractivity contribution in [3.8, 4) is 5.75 Å². The van der Waals surface area contributed by atoms with Crippen LogP contribution in [0.4, 0.5) is 0 Å². The highest BCUT2D eigenvalue weighted by atomic mass is 35.5. The molecule has 0 saturated heterocycles. The summed E-state index contributed by atoms with van der Waals surface area (Å²) >= 11 is 5.61. The fraction of sp³-hybridized carbons (Fsp3) is 0.143. The van der Waals surface area contributed by atoms with Crippen LogP contribution in [0.2, 0.25) is 5.02 Å². The quantitative estimate of drug-likeness (QED) is 0.594. The Morgan fingerprint density at radius 2 is 2.44 bits per heavy atom. The highest BCUT2D eigenvalue weighted by molar-refractivity contribution is 6.31. The van der Waals surface area contributed by atoms with Gasteiger partial charge in [-0.25, -0.2) is 0 Å². The molecular formula is C7H7ClO. The first kappa shape index (κ1) is 3.47. The molecule has 0 aliphatic heterocycles. The summed E-state index contributed by atoms with van der Waals surface area (Å²) in [6, 6.07) is 3.85. The van der Waals surface area contributed by atoms with E-state index in [4.69, 9.17) is 20.8 Å². The maximum atomic E-state index is 8.99. The van der Waals surface area contributed by atoms with Gasteiger partial charge in [0.05, 0.1) is 0 Å². The van der Waals surface area contributed by atoms with Gasteiger partial charge in [0, 0.05) is 9.13 Å². The van der Waals surface area contributed by atoms with E-state index in [0.29, 0.717) is 0 Å². The molecule has 2 heteroatoms. The van der Waals surface area contributed by atoms with Gasteiger partial charge in [-0.05, 0) is 30.6 Å². The molecule has 0 fully saturated rings. The van der Waals surface area contributed by atoms with Crippen LogP contribution in [0.1, 0.15) is 9.68 Å². The molecule has 1 aromatic rings. The predicted molar refractivity (Wildman–Crippen MR) is 37.9 cm³/mol. The zero-order chi connectivity index (χ0) is 9.35. The first-order chi connectivity index (χ1) is 5.41. The van der Waals surface area contributed by atoms with Crippen LogP contribution in [-0.2, 0) is 0 Å². The van der Waals surface area contributed by atoms with Gasteiger partial charge in [-0.2, -0.15) is 0 Å². The third-order valence-electron chi connectivity index (χ3n) is 0.950. The molecule has 1 rings (SSSR count). The van der Waals surface area contributed by atoms with E-state index in [1.165, 1.54) is 12.1 Å². The minimum atomic E-state index is -2.27. The first-order valence-corrected chi connectivity index (χ1v) is 2.78. The maximum absolute atomic E-state index is 8.99.